The number of ether oxygens (including phenoxy) is 2. The summed E-state index contributed by atoms with van der Waals surface area (Å²) in [6, 6.07) is 13.4. The normalized spacial score (nSPS) is 23.5. The van der Waals surface area contributed by atoms with Crippen LogP contribution < -0.4 is 21.7 Å². The molecule has 1 unspecified atom stereocenters. The molecule has 1 aromatic carbocycles. The van der Waals surface area contributed by atoms with Crippen LogP contribution in [0.4, 0.5) is 4.39 Å². The van der Waals surface area contributed by atoms with E-state index in [4.69, 9.17) is 9.47 Å². The first kappa shape index (κ1) is 26.3. The molecule has 9 heteroatoms. The predicted molar refractivity (Wildman–Crippen MR) is 130 cm³/mol. The van der Waals surface area contributed by atoms with E-state index in [1.54, 1.807) is 24.3 Å². The Balaban J connectivity index is 0.00000289. The molecule has 6 rings (SSSR count). The van der Waals surface area contributed by atoms with Gasteiger partial charge in [0.15, 0.2) is 6.10 Å². The largest absolute Gasteiger partial charge is 1.00 e. The Morgan fingerprint density at radius 2 is 1.69 bits per heavy atom. The Kier molecular flexibility index (Phi) is 8.33. The van der Waals surface area contributed by atoms with Gasteiger partial charge in [-0.25, -0.2) is 9.18 Å². The SMILES string of the molecule is O=C(OC1C[N+]2(CCCOc3ccc(F)cc3)CCC1CC2)C(O)(c1cccs1)c1cccs1.[Br-]. The number of rotatable bonds is 9. The molecule has 5 heterocycles. The number of carbonyl (C=O) groups excluding carboxylic acids is 1. The molecule has 0 spiro atoms. The van der Waals surface area contributed by atoms with Crippen LogP contribution in [0.25, 0.3) is 0 Å². The molecule has 188 valence electrons. The van der Waals surface area contributed by atoms with Crippen molar-refractivity contribution in [2.24, 2.45) is 5.92 Å². The zero-order valence-corrected chi connectivity index (χ0v) is 22.5. The maximum Gasteiger partial charge on any atom is 0.349 e. The Hall–Kier alpha value is -1.78. The quantitative estimate of drug-likeness (QED) is 0.238. The molecule has 0 radical (unpaired) electrons. The molecule has 1 atom stereocenters. The summed E-state index contributed by atoms with van der Waals surface area (Å²) in [7, 11) is 0. The van der Waals surface area contributed by atoms with Gasteiger partial charge in [-0.05, 0) is 47.2 Å². The molecule has 5 nitrogen and oxygen atoms in total. The number of nitrogens with zero attached hydrogens (tertiary/aromatic N) is 1. The fourth-order valence-corrected chi connectivity index (χ4v) is 7.02. The molecule has 2 bridgehead atoms. The molecule has 3 fully saturated rings. The third kappa shape index (κ3) is 5.49. The molecular weight excluding hydrogens is 553 g/mol. The van der Waals surface area contributed by atoms with Crippen molar-refractivity contribution < 1.29 is 45.2 Å². The van der Waals surface area contributed by atoms with Gasteiger partial charge in [-0.1, -0.05) is 12.1 Å². The molecule has 0 amide bonds. The first-order chi connectivity index (χ1) is 16.5. The van der Waals surface area contributed by atoms with Crippen LogP contribution in [0.5, 0.6) is 5.75 Å². The van der Waals surface area contributed by atoms with E-state index in [1.165, 1.54) is 34.8 Å². The lowest BCUT2D eigenvalue weighted by atomic mass is 9.83. The van der Waals surface area contributed by atoms with Crippen molar-refractivity contribution in [3.8, 4) is 5.75 Å². The zero-order chi connectivity index (χ0) is 23.6. The molecule has 1 N–H and O–H groups in total. The van der Waals surface area contributed by atoms with E-state index >= 15 is 0 Å². The maximum absolute atomic E-state index is 13.4. The Morgan fingerprint density at radius 1 is 1.06 bits per heavy atom. The highest BCUT2D eigenvalue weighted by Gasteiger charge is 2.51. The van der Waals surface area contributed by atoms with Crippen LogP contribution >= 0.6 is 22.7 Å². The minimum atomic E-state index is -1.76. The lowest BCUT2D eigenvalue weighted by molar-refractivity contribution is -0.946. The van der Waals surface area contributed by atoms with Gasteiger partial charge in [-0.2, -0.15) is 0 Å². The Morgan fingerprint density at radius 3 is 2.26 bits per heavy atom. The van der Waals surface area contributed by atoms with Gasteiger partial charge in [0.2, 0.25) is 5.60 Å². The summed E-state index contributed by atoms with van der Waals surface area (Å²) in [5, 5.41) is 15.3. The topological polar surface area (TPSA) is 55.8 Å². The van der Waals surface area contributed by atoms with Gasteiger partial charge in [-0.15, -0.1) is 22.7 Å². The number of esters is 1. The molecule has 3 aliphatic heterocycles. The zero-order valence-electron chi connectivity index (χ0n) is 19.3. The summed E-state index contributed by atoms with van der Waals surface area (Å²) in [5.41, 5.74) is -1.76. The number of piperidine rings is 3. The van der Waals surface area contributed by atoms with Gasteiger partial charge in [0.25, 0.3) is 0 Å². The van der Waals surface area contributed by atoms with E-state index < -0.39 is 11.6 Å². The van der Waals surface area contributed by atoms with E-state index in [1.807, 2.05) is 22.9 Å². The van der Waals surface area contributed by atoms with Crippen LogP contribution in [-0.4, -0.2) is 54.4 Å². The minimum absolute atomic E-state index is 0. The van der Waals surface area contributed by atoms with Crippen LogP contribution in [0.15, 0.2) is 59.3 Å². The van der Waals surface area contributed by atoms with Gasteiger partial charge in [0.1, 0.15) is 18.1 Å². The van der Waals surface area contributed by atoms with Gasteiger partial charge in [0, 0.05) is 25.2 Å². The maximum atomic E-state index is 13.4. The minimum Gasteiger partial charge on any atom is -1.00 e. The third-order valence-electron chi connectivity index (χ3n) is 7.21. The van der Waals surface area contributed by atoms with Crippen molar-refractivity contribution in [3.63, 3.8) is 0 Å². The van der Waals surface area contributed by atoms with Gasteiger partial charge < -0.3 is 36.0 Å². The van der Waals surface area contributed by atoms with Gasteiger partial charge >= 0.3 is 5.97 Å². The summed E-state index contributed by atoms with van der Waals surface area (Å²) in [5.74, 6) is 0.170. The number of benzene rings is 1. The van der Waals surface area contributed by atoms with Crippen molar-refractivity contribution in [3.05, 3.63) is 74.9 Å². The average Bonchev–Trinajstić information content (AvgIpc) is 3.58. The highest BCUT2D eigenvalue weighted by atomic mass is 79.9. The van der Waals surface area contributed by atoms with Crippen LogP contribution in [-0.2, 0) is 15.1 Å². The van der Waals surface area contributed by atoms with Crippen molar-refractivity contribution in [1.82, 2.24) is 0 Å². The summed E-state index contributed by atoms with van der Waals surface area (Å²) < 4.78 is 25.9. The summed E-state index contributed by atoms with van der Waals surface area (Å²) in [4.78, 5) is 14.6. The second-order valence-electron chi connectivity index (χ2n) is 9.30. The first-order valence-corrected chi connectivity index (χ1v) is 13.5. The molecule has 3 saturated heterocycles. The number of thiophene rings is 2. The molecule has 35 heavy (non-hydrogen) atoms. The highest BCUT2D eigenvalue weighted by molar-refractivity contribution is 7.12. The van der Waals surface area contributed by atoms with E-state index in [0.717, 1.165) is 49.9 Å². The monoisotopic (exact) mass is 581 g/mol. The van der Waals surface area contributed by atoms with E-state index in [-0.39, 0.29) is 28.9 Å². The standard InChI is InChI=1S/C26H29FNO4S2.BrH/c27-20-6-8-21(9-7-20)31-15-3-12-28-13-10-19(11-14-28)22(18-28)32-25(29)26(30,23-4-1-16-33-23)24-5-2-17-34-24;/h1-2,4-9,16-17,19,22,30H,3,10-15,18H2;1H/q+1;/p-1. The summed E-state index contributed by atoms with van der Waals surface area (Å²) in [6.45, 7) is 4.45. The van der Waals surface area contributed by atoms with Gasteiger partial charge in [-0.3, -0.25) is 0 Å². The number of carbonyl (C=O) groups is 1. The highest BCUT2D eigenvalue weighted by Crippen LogP contribution is 2.40. The number of aliphatic hydroxyl groups is 1. The molecule has 0 saturated carbocycles. The number of quaternary nitrogens is 1. The second-order valence-corrected chi connectivity index (χ2v) is 11.2. The molecule has 2 aromatic heterocycles. The van der Waals surface area contributed by atoms with E-state index in [0.29, 0.717) is 28.0 Å². The third-order valence-corrected chi connectivity index (χ3v) is 9.17. The number of hydrogen-bond donors (Lipinski definition) is 1. The van der Waals surface area contributed by atoms with Crippen molar-refractivity contribution >= 4 is 28.6 Å². The summed E-state index contributed by atoms with van der Waals surface area (Å²) in [6.07, 6.45) is 2.72. The predicted octanol–water partition coefficient (Wildman–Crippen LogP) is 1.81. The van der Waals surface area contributed by atoms with Crippen molar-refractivity contribution in [1.29, 1.82) is 0 Å². The average molecular weight is 583 g/mol. The lowest BCUT2D eigenvalue weighted by Gasteiger charge is -2.52. The second kappa shape index (κ2) is 11.1. The van der Waals surface area contributed by atoms with E-state index in [9.17, 15) is 14.3 Å². The van der Waals surface area contributed by atoms with Crippen LogP contribution in [0.2, 0.25) is 0 Å². The Bertz CT molecular complexity index is 1050. The first-order valence-electron chi connectivity index (χ1n) is 11.7. The van der Waals surface area contributed by atoms with E-state index in [2.05, 4.69) is 0 Å². The van der Waals surface area contributed by atoms with Crippen LogP contribution in [0, 0.1) is 11.7 Å². The van der Waals surface area contributed by atoms with Crippen LogP contribution in [0.1, 0.15) is 29.0 Å². The fourth-order valence-electron chi connectivity index (χ4n) is 5.30. The molecule has 3 aromatic rings. The molecule has 0 aliphatic carbocycles. The molecule has 3 aliphatic rings. The van der Waals surface area contributed by atoms with Crippen molar-refractivity contribution in [2.75, 3.05) is 32.8 Å². The smallest absolute Gasteiger partial charge is 0.349 e. The fraction of sp³-hybridized carbons (Fsp3) is 0.423. The van der Waals surface area contributed by atoms with Crippen molar-refractivity contribution in [2.45, 2.75) is 31.0 Å². The molecular formula is C26H29BrFNO4S2. The van der Waals surface area contributed by atoms with Gasteiger partial charge in [0.05, 0.1) is 36.0 Å². The Labute approximate surface area is 223 Å². The number of hydrogen-bond acceptors (Lipinski definition) is 6. The lowest BCUT2D eigenvalue weighted by Crippen LogP contribution is -3.00. The number of halogens is 2. The summed E-state index contributed by atoms with van der Waals surface area (Å²) >= 11 is 2.73. The number of fused-ring (bicyclic) bond motifs is 3. The van der Waals surface area contributed by atoms with Crippen LogP contribution in [0.3, 0.4) is 0 Å².